The zero-order valence-corrected chi connectivity index (χ0v) is 15.8. The van der Waals surface area contributed by atoms with Crippen LogP contribution < -0.4 is 5.56 Å². The first-order valence-electron chi connectivity index (χ1n) is 8.76. The number of hydrogen-bond acceptors (Lipinski definition) is 3. The van der Waals surface area contributed by atoms with Crippen LogP contribution in [-0.4, -0.2) is 9.67 Å². The lowest BCUT2D eigenvalue weighted by Crippen LogP contribution is -2.27. The first-order chi connectivity index (χ1) is 12.5. The average Bonchev–Trinajstić information content (AvgIpc) is 3.13. The lowest BCUT2D eigenvalue weighted by molar-refractivity contribution is 0.433. The molecule has 1 N–H and O–H groups in total. The van der Waals surface area contributed by atoms with Crippen LogP contribution in [0, 0.1) is 12.7 Å². The molecule has 3 aromatic rings. The topological polar surface area (TPSA) is 42.2 Å². The van der Waals surface area contributed by atoms with Crippen LogP contribution in [0.1, 0.15) is 29.3 Å². The van der Waals surface area contributed by atoms with Crippen molar-refractivity contribution in [2.75, 3.05) is 0 Å². The average molecular weight is 371 g/mol. The minimum Gasteiger partial charge on any atom is -0.504 e. The molecular weight excluding hydrogens is 349 g/mol. The smallest absolute Gasteiger partial charge is 0.254 e. The van der Waals surface area contributed by atoms with E-state index >= 15 is 0 Å². The summed E-state index contributed by atoms with van der Waals surface area (Å²) in [5.41, 5.74) is 2.52. The van der Waals surface area contributed by atoms with Gasteiger partial charge in [0.2, 0.25) is 0 Å². The third kappa shape index (κ3) is 3.58. The van der Waals surface area contributed by atoms with Gasteiger partial charge in [-0.05, 0) is 55.0 Å². The molecule has 0 radical (unpaired) electrons. The van der Waals surface area contributed by atoms with Crippen molar-refractivity contribution in [3.8, 4) is 17.0 Å². The van der Waals surface area contributed by atoms with Gasteiger partial charge in [-0.2, -0.15) is 0 Å². The number of nitrogens with zero attached hydrogens (tertiary/aromatic N) is 1. The molecule has 0 atom stereocenters. The Morgan fingerprint density at radius 2 is 2.00 bits per heavy atom. The summed E-state index contributed by atoms with van der Waals surface area (Å²) in [6, 6.07) is 10.3. The van der Waals surface area contributed by atoms with Gasteiger partial charge >= 0.3 is 0 Å². The summed E-state index contributed by atoms with van der Waals surface area (Å²) in [7, 11) is 0. The maximum atomic E-state index is 13.9. The molecule has 2 aromatic heterocycles. The molecular formula is C21H22FNO2S. The Labute approximate surface area is 156 Å². The number of para-hydroxylation sites is 1. The minimum absolute atomic E-state index is 0.0536. The van der Waals surface area contributed by atoms with Crippen molar-refractivity contribution < 1.29 is 9.50 Å². The molecule has 1 aromatic carbocycles. The number of aromatic hydroxyl groups is 1. The summed E-state index contributed by atoms with van der Waals surface area (Å²) in [6.45, 7) is 4.43. The van der Waals surface area contributed by atoms with Gasteiger partial charge in [-0.1, -0.05) is 25.5 Å². The molecule has 3 nitrogen and oxygen atoms in total. The maximum Gasteiger partial charge on any atom is 0.254 e. The largest absolute Gasteiger partial charge is 0.504 e. The van der Waals surface area contributed by atoms with Gasteiger partial charge in [0.1, 0.15) is 0 Å². The van der Waals surface area contributed by atoms with E-state index in [2.05, 4.69) is 0 Å². The molecule has 5 heteroatoms. The Kier molecular flexibility index (Phi) is 5.57. The molecule has 0 spiro atoms. The highest BCUT2D eigenvalue weighted by Crippen LogP contribution is 2.32. The standard InChI is InChI=1S/C21H22FNO2S/c1-3-6-16-14(2)13-19(17-8-4-9-18(22)20(17)24)23(21(16)25)11-10-15-7-5-12-26-15/h4-5,7-9,12-13,24H,3,6,10-11H2,1-2H3. The zero-order valence-electron chi connectivity index (χ0n) is 15.0. The van der Waals surface area contributed by atoms with E-state index in [0.29, 0.717) is 24.2 Å². The van der Waals surface area contributed by atoms with E-state index in [9.17, 15) is 14.3 Å². The van der Waals surface area contributed by atoms with Crippen LogP contribution in [0.25, 0.3) is 11.3 Å². The molecule has 3 rings (SSSR count). The summed E-state index contributed by atoms with van der Waals surface area (Å²) in [6.07, 6.45) is 2.31. The highest BCUT2D eigenvalue weighted by molar-refractivity contribution is 7.09. The summed E-state index contributed by atoms with van der Waals surface area (Å²) >= 11 is 1.65. The van der Waals surface area contributed by atoms with Gasteiger partial charge in [-0.15, -0.1) is 11.3 Å². The van der Waals surface area contributed by atoms with Gasteiger partial charge in [0, 0.05) is 22.5 Å². The molecule has 0 amide bonds. The van der Waals surface area contributed by atoms with E-state index in [4.69, 9.17) is 0 Å². The number of benzene rings is 1. The van der Waals surface area contributed by atoms with E-state index < -0.39 is 11.6 Å². The summed E-state index contributed by atoms with van der Waals surface area (Å²) in [5.74, 6) is -1.10. The lowest BCUT2D eigenvalue weighted by atomic mass is 10.0. The first-order valence-corrected chi connectivity index (χ1v) is 9.64. The summed E-state index contributed by atoms with van der Waals surface area (Å²) in [4.78, 5) is 14.3. The number of aromatic nitrogens is 1. The summed E-state index contributed by atoms with van der Waals surface area (Å²) < 4.78 is 15.5. The van der Waals surface area contributed by atoms with Crippen molar-refractivity contribution in [1.82, 2.24) is 4.57 Å². The Hall–Kier alpha value is -2.40. The molecule has 0 bridgehead atoms. The molecule has 0 saturated heterocycles. The van der Waals surface area contributed by atoms with E-state index in [1.165, 1.54) is 10.9 Å². The van der Waals surface area contributed by atoms with Crippen LogP contribution in [0.3, 0.4) is 0 Å². The maximum absolute atomic E-state index is 13.9. The molecule has 0 unspecified atom stereocenters. The zero-order chi connectivity index (χ0) is 18.7. The SMILES string of the molecule is CCCc1c(C)cc(-c2cccc(F)c2O)n(CCc2cccs2)c1=O. The quantitative estimate of drug-likeness (QED) is 0.668. The summed E-state index contributed by atoms with van der Waals surface area (Å²) in [5, 5.41) is 12.2. The van der Waals surface area contributed by atoms with E-state index in [1.54, 1.807) is 28.0 Å². The van der Waals surface area contributed by atoms with Crippen molar-refractivity contribution in [2.45, 2.75) is 39.7 Å². The molecule has 136 valence electrons. The van der Waals surface area contributed by atoms with Crippen molar-refractivity contribution >= 4 is 11.3 Å². The fourth-order valence-corrected chi connectivity index (χ4v) is 3.91. The van der Waals surface area contributed by atoms with Crippen LogP contribution in [-0.2, 0) is 19.4 Å². The number of halogens is 1. The third-order valence-corrected chi connectivity index (χ3v) is 5.48. The Bertz CT molecular complexity index is 961. The van der Waals surface area contributed by atoms with Crippen LogP contribution in [0.15, 0.2) is 46.6 Å². The predicted molar refractivity (Wildman–Crippen MR) is 105 cm³/mol. The van der Waals surface area contributed by atoms with Crippen LogP contribution >= 0.6 is 11.3 Å². The van der Waals surface area contributed by atoms with E-state index in [-0.39, 0.29) is 5.56 Å². The highest BCUT2D eigenvalue weighted by Gasteiger charge is 2.17. The Balaban J connectivity index is 2.15. The Morgan fingerprint density at radius 3 is 2.69 bits per heavy atom. The molecule has 26 heavy (non-hydrogen) atoms. The van der Waals surface area contributed by atoms with Crippen molar-refractivity contribution in [3.63, 3.8) is 0 Å². The van der Waals surface area contributed by atoms with Gasteiger partial charge < -0.3 is 9.67 Å². The monoisotopic (exact) mass is 371 g/mol. The molecule has 0 fully saturated rings. The van der Waals surface area contributed by atoms with Gasteiger partial charge in [0.15, 0.2) is 11.6 Å². The van der Waals surface area contributed by atoms with Crippen LogP contribution in [0.4, 0.5) is 4.39 Å². The number of rotatable bonds is 6. The van der Waals surface area contributed by atoms with E-state index in [1.807, 2.05) is 37.4 Å². The molecule has 0 aliphatic heterocycles. The number of phenols is 1. The van der Waals surface area contributed by atoms with Crippen LogP contribution in [0.5, 0.6) is 5.75 Å². The Morgan fingerprint density at radius 1 is 1.19 bits per heavy atom. The highest BCUT2D eigenvalue weighted by atomic mass is 32.1. The van der Waals surface area contributed by atoms with Crippen molar-refractivity contribution in [1.29, 1.82) is 0 Å². The minimum atomic E-state index is -0.685. The number of hydrogen-bond donors (Lipinski definition) is 1. The van der Waals surface area contributed by atoms with Gasteiger partial charge in [0.25, 0.3) is 5.56 Å². The van der Waals surface area contributed by atoms with Crippen molar-refractivity contribution in [3.05, 3.63) is 74.0 Å². The second kappa shape index (κ2) is 7.87. The molecule has 0 aliphatic carbocycles. The van der Waals surface area contributed by atoms with E-state index in [0.717, 1.165) is 24.0 Å². The number of phenolic OH excluding ortho intramolecular Hbond substituents is 1. The molecule has 2 heterocycles. The second-order valence-electron chi connectivity index (χ2n) is 6.36. The molecule has 0 aliphatic rings. The fraction of sp³-hybridized carbons (Fsp3) is 0.286. The lowest BCUT2D eigenvalue weighted by Gasteiger charge is -2.17. The van der Waals surface area contributed by atoms with Gasteiger partial charge in [-0.3, -0.25) is 4.79 Å². The predicted octanol–water partition coefficient (Wildman–Crippen LogP) is 4.93. The normalized spacial score (nSPS) is 11.0. The van der Waals surface area contributed by atoms with Gasteiger partial charge in [0.05, 0.1) is 5.69 Å². The number of thiophene rings is 1. The van der Waals surface area contributed by atoms with Crippen LogP contribution in [0.2, 0.25) is 0 Å². The van der Waals surface area contributed by atoms with Crippen molar-refractivity contribution in [2.24, 2.45) is 0 Å². The molecule has 0 saturated carbocycles. The number of aryl methyl sites for hydroxylation is 2. The number of pyridine rings is 1. The second-order valence-corrected chi connectivity index (χ2v) is 7.40. The first kappa shape index (κ1) is 18.4. The van der Waals surface area contributed by atoms with Gasteiger partial charge in [-0.25, -0.2) is 4.39 Å². The fourth-order valence-electron chi connectivity index (χ4n) is 3.21. The third-order valence-electron chi connectivity index (χ3n) is 4.55.